The van der Waals surface area contributed by atoms with Gasteiger partial charge in [0.25, 0.3) is 0 Å². The number of furan rings is 1. The number of hydrogen-bond acceptors (Lipinski definition) is 9. The van der Waals surface area contributed by atoms with Gasteiger partial charge in [-0.15, -0.1) is 0 Å². The summed E-state index contributed by atoms with van der Waals surface area (Å²) >= 11 is 0. The molecule has 0 bridgehead atoms. The molecule has 4 aromatic rings. The maximum atomic E-state index is 15.0. The van der Waals surface area contributed by atoms with Crippen molar-refractivity contribution in [2.75, 3.05) is 44.7 Å². The summed E-state index contributed by atoms with van der Waals surface area (Å²) in [5.41, 5.74) is 1.67. The zero-order valence-electron chi connectivity index (χ0n) is 23.3. The minimum Gasteiger partial charge on any atom is -0.508 e. The molecule has 10 nitrogen and oxygen atoms in total. The zero-order chi connectivity index (χ0) is 29.4. The molecule has 2 aromatic carbocycles. The van der Waals surface area contributed by atoms with Crippen LogP contribution in [-0.4, -0.2) is 82.7 Å². The number of nitrogens with zero attached hydrogens (tertiary/aromatic N) is 6. The molecule has 42 heavy (non-hydrogen) atoms. The lowest BCUT2D eigenvalue weighted by molar-refractivity contribution is -0.128. The summed E-state index contributed by atoms with van der Waals surface area (Å²) in [5.74, 6) is -0.233. The van der Waals surface area contributed by atoms with Crippen LogP contribution in [-0.2, 0) is 4.79 Å². The van der Waals surface area contributed by atoms with E-state index in [1.54, 1.807) is 17.0 Å². The van der Waals surface area contributed by atoms with Gasteiger partial charge in [0.1, 0.15) is 29.6 Å². The van der Waals surface area contributed by atoms with Gasteiger partial charge in [0.15, 0.2) is 0 Å². The summed E-state index contributed by atoms with van der Waals surface area (Å²) in [5, 5.41) is 20.9. The SMILES string of the molecule is C=CC(=O)N1CCN(c2nc(OC[C@@H]3CCCN3C)nc3cc(-c4cc(O)ccc4F)c4ccoc4c23)C[C@@H]1CC#N. The van der Waals surface area contributed by atoms with E-state index in [4.69, 9.17) is 19.1 Å². The number of rotatable bonds is 7. The minimum atomic E-state index is -0.493. The number of halogens is 1. The third-order valence-electron chi connectivity index (χ3n) is 8.24. The number of likely N-dealkylation sites (tertiary alicyclic amines) is 1. The van der Waals surface area contributed by atoms with Crippen LogP contribution in [0.3, 0.4) is 0 Å². The molecule has 2 atom stereocenters. The molecule has 2 aliphatic rings. The van der Waals surface area contributed by atoms with E-state index in [2.05, 4.69) is 24.6 Å². The highest BCUT2D eigenvalue weighted by Gasteiger charge is 2.32. The highest BCUT2D eigenvalue weighted by atomic mass is 19.1. The number of likely N-dealkylation sites (N-methyl/N-ethyl adjacent to an activating group) is 1. The quantitative estimate of drug-likeness (QED) is 0.321. The van der Waals surface area contributed by atoms with Crippen LogP contribution in [0.1, 0.15) is 19.3 Å². The van der Waals surface area contributed by atoms with Crippen molar-refractivity contribution in [1.29, 1.82) is 5.26 Å². The molecule has 0 radical (unpaired) electrons. The molecule has 0 spiro atoms. The Hall–Kier alpha value is -4.69. The molecule has 1 N–H and O–H groups in total. The maximum Gasteiger partial charge on any atom is 0.319 e. The Morgan fingerprint density at radius 3 is 2.86 bits per heavy atom. The van der Waals surface area contributed by atoms with Gasteiger partial charge in [-0.2, -0.15) is 15.2 Å². The van der Waals surface area contributed by atoms with Gasteiger partial charge in [0.05, 0.1) is 35.7 Å². The molecule has 2 saturated heterocycles. The van der Waals surface area contributed by atoms with Crippen LogP contribution in [0.5, 0.6) is 11.8 Å². The Bertz CT molecular complexity index is 1720. The van der Waals surface area contributed by atoms with Crippen molar-refractivity contribution in [2.24, 2.45) is 0 Å². The van der Waals surface area contributed by atoms with Gasteiger partial charge >= 0.3 is 6.01 Å². The fraction of sp³-hybridized carbons (Fsp3) is 0.355. The van der Waals surface area contributed by atoms with Gasteiger partial charge in [-0.3, -0.25) is 4.79 Å². The van der Waals surface area contributed by atoms with Crippen molar-refractivity contribution in [3.8, 4) is 29.0 Å². The predicted molar refractivity (Wildman–Crippen MR) is 156 cm³/mol. The summed E-state index contributed by atoms with van der Waals surface area (Å²) < 4.78 is 27.2. The second-order valence-corrected chi connectivity index (χ2v) is 10.8. The third kappa shape index (κ3) is 4.99. The van der Waals surface area contributed by atoms with Gasteiger partial charge in [-0.1, -0.05) is 6.58 Å². The van der Waals surface area contributed by atoms with Gasteiger partial charge in [0.2, 0.25) is 5.91 Å². The summed E-state index contributed by atoms with van der Waals surface area (Å²) in [6.45, 7) is 6.20. The van der Waals surface area contributed by atoms with Gasteiger partial charge in [-0.25, -0.2) is 4.39 Å². The highest BCUT2D eigenvalue weighted by Crippen LogP contribution is 2.41. The Morgan fingerprint density at radius 1 is 1.24 bits per heavy atom. The Labute approximate surface area is 242 Å². The number of phenolic OH excluding ortho intramolecular Hbond substituents is 1. The van der Waals surface area contributed by atoms with Crippen LogP contribution in [0.2, 0.25) is 0 Å². The molecule has 1 amide bonds. The molecule has 11 heteroatoms. The monoisotopic (exact) mass is 570 g/mol. The van der Waals surface area contributed by atoms with Crippen LogP contribution in [0.15, 0.2) is 53.7 Å². The van der Waals surface area contributed by atoms with E-state index >= 15 is 4.39 Å². The van der Waals surface area contributed by atoms with Crippen LogP contribution in [0.25, 0.3) is 33.0 Å². The van der Waals surface area contributed by atoms with E-state index < -0.39 is 5.82 Å². The fourth-order valence-corrected chi connectivity index (χ4v) is 6.03. The number of ether oxygens (including phenoxy) is 1. The average Bonchev–Trinajstić information content (AvgIpc) is 3.65. The summed E-state index contributed by atoms with van der Waals surface area (Å²) in [7, 11) is 2.07. The van der Waals surface area contributed by atoms with Crippen molar-refractivity contribution >= 4 is 33.6 Å². The maximum absolute atomic E-state index is 15.0. The Morgan fingerprint density at radius 2 is 2.10 bits per heavy atom. The first kappa shape index (κ1) is 27.5. The van der Waals surface area contributed by atoms with Crippen molar-refractivity contribution in [3.05, 3.63) is 55.1 Å². The highest BCUT2D eigenvalue weighted by molar-refractivity contribution is 6.14. The van der Waals surface area contributed by atoms with Crippen LogP contribution >= 0.6 is 0 Å². The molecule has 2 aromatic heterocycles. The number of benzene rings is 2. The number of phenols is 1. The second-order valence-electron chi connectivity index (χ2n) is 10.8. The van der Waals surface area contributed by atoms with E-state index in [-0.39, 0.29) is 41.7 Å². The Kier molecular flexibility index (Phi) is 7.39. The number of carbonyl (C=O) groups excluding carboxylic acids is 1. The minimum absolute atomic E-state index is 0.0632. The first-order valence-corrected chi connectivity index (χ1v) is 14.0. The molecule has 0 saturated carbocycles. The van der Waals surface area contributed by atoms with E-state index in [1.165, 1.54) is 30.5 Å². The van der Waals surface area contributed by atoms with Crippen molar-refractivity contribution in [2.45, 2.75) is 31.3 Å². The van der Waals surface area contributed by atoms with E-state index in [0.29, 0.717) is 59.5 Å². The molecular formula is C31H31FN6O4. The number of hydrogen-bond donors (Lipinski definition) is 1. The number of nitriles is 1. The second kappa shape index (κ2) is 11.3. The lowest BCUT2D eigenvalue weighted by Crippen LogP contribution is -2.55. The Balaban J connectivity index is 1.50. The standard InChI is InChI=1S/C31H31FN6O4/c1-3-27(40)38-13-12-37(17-19(38)8-10-33)30-28-26(34-31(35-30)42-18-20-5-4-11-36(20)2)16-23(22-9-14-41-29(22)28)24-15-21(39)6-7-25(24)32/h3,6-7,9,14-16,19-20,39H,1,4-5,8,11-13,17-18H2,2H3/t19-,20-/m0/s1. The number of anilines is 1. The van der Waals surface area contributed by atoms with Gasteiger partial charge < -0.3 is 29.0 Å². The first-order valence-electron chi connectivity index (χ1n) is 14.0. The fourth-order valence-electron chi connectivity index (χ4n) is 6.03. The van der Waals surface area contributed by atoms with Crippen LogP contribution < -0.4 is 9.64 Å². The van der Waals surface area contributed by atoms with Crippen molar-refractivity contribution in [1.82, 2.24) is 19.8 Å². The molecule has 6 rings (SSSR count). The van der Waals surface area contributed by atoms with E-state index in [0.717, 1.165) is 19.4 Å². The predicted octanol–water partition coefficient (Wildman–Crippen LogP) is 4.48. The molecule has 4 heterocycles. The topological polar surface area (TPSA) is 119 Å². The number of aromatic hydroxyl groups is 1. The largest absolute Gasteiger partial charge is 0.508 e. The van der Waals surface area contributed by atoms with Crippen molar-refractivity contribution < 1.29 is 23.4 Å². The lowest BCUT2D eigenvalue weighted by Gasteiger charge is -2.41. The molecule has 2 fully saturated rings. The van der Waals surface area contributed by atoms with E-state index in [9.17, 15) is 15.2 Å². The van der Waals surface area contributed by atoms with Gasteiger partial charge in [-0.05, 0) is 68.4 Å². The number of carbonyl (C=O) groups is 1. The average molecular weight is 571 g/mol. The normalized spacial score (nSPS) is 19.4. The summed E-state index contributed by atoms with van der Waals surface area (Å²) in [4.78, 5) is 28.1. The third-order valence-corrected chi connectivity index (χ3v) is 8.24. The molecule has 216 valence electrons. The van der Waals surface area contributed by atoms with Crippen molar-refractivity contribution in [3.63, 3.8) is 0 Å². The zero-order valence-corrected chi connectivity index (χ0v) is 23.3. The summed E-state index contributed by atoms with van der Waals surface area (Å²) in [6, 6.07) is 9.64. The van der Waals surface area contributed by atoms with Crippen LogP contribution in [0, 0.1) is 17.1 Å². The lowest BCUT2D eigenvalue weighted by atomic mass is 9.98. The smallest absolute Gasteiger partial charge is 0.319 e. The number of piperazine rings is 1. The number of fused-ring (bicyclic) bond motifs is 3. The molecule has 0 aliphatic carbocycles. The number of amides is 1. The summed E-state index contributed by atoms with van der Waals surface area (Å²) in [6.07, 6.45) is 5.05. The molecule has 0 unspecified atom stereocenters. The van der Waals surface area contributed by atoms with E-state index in [1.807, 2.05) is 4.90 Å². The van der Waals surface area contributed by atoms with Crippen LogP contribution in [0.4, 0.5) is 10.2 Å². The molecular weight excluding hydrogens is 539 g/mol. The van der Waals surface area contributed by atoms with Gasteiger partial charge in [0, 0.05) is 36.6 Å². The number of aromatic nitrogens is 2. The first-order chi connectivity index (χ1) is 20.4. The molecule has 2 aliphatic heterocycles.